The largest absolute Gasteiger partial charge is 0.491 e. The van der Waals surface area contributed by atoms with E-state index in [0.29, 0.717) is 6.61 Å². The number of pyridine rings is 1. The van der Waals surface area contributed by atoms with Crippen LogP contribution in [0, 0.1) is 0 Å². The molecule has 0 aliphatic carbocycles. The number of anilines is 1. The molecule has 0 atom stereocenters. The third-order valence-electron chi connectivity index (χ3n) is 2.95. The molecule has 3 aromatic rings. The van der Waals surface area contributed by atoms with Crippen molar-refractivity contribution >= 4 is 27.9 Å². The summed E-state index contributed by atoms with van der Waals surface area (Å²) < 4.78 is 5.84. The van der Waals surface area contributed by atoms with E-state index in [1.807, 2.05) is 24.3 Å². The molecular formula is C15H14N2OS. The Bertz CT molecular complexity index is 680. The molecule has 0 unspecified atom stereocenters. The van der Waals surface area contributed by atoms with Crippen LogP contribution >= 0.6 is 11.3 Å². The van der Waals surface area contributed by atoms with Crippen LogP contribution in [0.15, 0.2) is 48.0 Å². The molecule has 1 aromatic carbocycles. The Morgan fingerprint density at radius 2 is 2.11 bits per heavy atom. The zero-order valence-corrected chi connectivity index (χ0v) is 11.2. The fourth-order valence-corrected chi connectivity index (χ4v) is 2.69. The van der Waals surface area contributed by atoms with Crippen molar-refractivity contribution in [3.8, 4) is 5.75 Å². The number of aromatic nitrogens is 1. The lowest BCUT2D eigenvalue weighted by Gasteiger charge is -2.09. The first-order chi connectivity index (χ1) is 9.34. The molecule has 0 radical (unpaired) electrons. The Kier molecular flexibility index (Phi) is 3.33. The van der Waals surface area contributed by atoms with Gasteiger partial charge in [0.25, 0.3) is 0 Å². The van der Waals surface area contributed by atoms with Gasteiger partial charge in [0.05, 0.1) is 6.61 Å². The standard InChI is InChI=1S/C15H14N2OS/c16-13-5-6-14(15-12(13)4-1-8-17-15)18-9-7-11-3-2-10-19-11/h1-6,8,10H,7,9,16H2. The van der Waals surface area contributed by atoms with E-state index >= 15 is 0 Å². The zero-order chi connectivity index (χ0) is 13.1. The highest BCUT2D eigenvalue weighted by Gasteiger charge is 2.06. The van der Waals surface area contributed by atoms with E-state index < -0.39 is 0 Å². The number of nitrogen functional groups attached to an aromatic ring is 1. The quantitative estimate of drug-likeness (QED) is 0.738. The number of rotatable bonds is 4. The number of thiophene rings is 1. The van der Waals surface area contributed by atoms with E-state index in [1.165, 1.54) is 4.88 Å². The van der Waals surface area contributed by atoms with Crippen LogP contribution in [-0.4, -0.2) is 11.6 Å². The second-order valence-corrected chi connectivity index (χ2v) is 5.26. The molecular weight excluding hydrogens is 256 g/mol. The molecule has 0 bridgehead atoms. The topological polar surface area (TPSA) is 48.1 Å². The van der Waals surface area contributed by atoms with Gasteiger partial charge >= 0.3 is 0 Å². The van der Waals surface area contributed by atoms with Crippen LogP contribution in [0.1, 0.15) is 4.88 Å². The third kappa shape index (κ3) is 2.53. The Hall–Kier alpha value is -2.07. The van der Waals surface area contributed by atoms with Crippen molar-refractivity contribution in [2.45, 2.75) is 6.42 Å². The summed E-state index contributed by atoms with van der Waals surface area (Å²) in [6, 6.07) is 11.8. The second-order valence-electron chi connectivity index (χ2n) is 4.23. The number of benzene rings is 1. The highest BCUT2D eigenvalue weighted by Crippen LogP contribution is 2.28. The molecule has 0 spiro atoms. The van der Waals surface area contributed by atoms with E-state index in [2.05, 4.69) is 22.5 Å². The molecule has 0 saturated carbocycles. The Morgan fingerprint density at radius 1 is 1.16 bits per heavy atom. The van der Waals surface area contributed by atoms with Crippen LogP contribution in [0.2, 0.25) is 0 Å². The van der Waals surface area contributed by atoms with Gasteiger partial charge < -0.3 is 10.5 Å². The van der Waals surface area contributed by atoms with Crippen molar-refractivity contribution < 1.29 is 4.74 Å². The van der Waals surface area contributed by atoms with E-state index in [4.69, 9.17) is 10.5 Å². The molecule has 0 aliphatic rings. The van der Waals surface area contributed by atoms with Crippen LogP contribution in [0.3, 0.4) is 0 Å². The van der Waals surface area contributed by atoms with Gasteiger partial charge in [-0.15, -0.1) is 11.3 Å². The van der Waals surface area contributed by atoms with Crippen molar-refractivity contribution in [1.82, 2.24) is 4.98 Å². The molecule has 2 N–H and O–H groups in total. The monoisotopic (exact) mass is 270 g/mol. The lowest BCUT2D eigenvalue weighted by molar-refractivity contribution is 0.326. The van der Waals surface area contributed by atoms with Crippen molar-refractivity contribution in [3.05, 3.63) is 52.9 Å². The van der Waals surface area contributed by atoms with Gasteiger partial charge in [-0.05, 0) is 35.7 Å². The van der Waals surface area contributed by atoms with Gasteiger partial charge in [-0.3, -0.25) is 4.98 Å². The van der Waals surface area contributed by atoms with Gasteiger partial charge in [0.2, 0.25) is 0 Å². The van der Waals surface area contributed by atoms with Gasteiger partial charge in [0.1, 0.15) is 11.3 Å². The first-order valence-corrected chi connectivity index (χ1v) is 7.01. The van der Waals surface area contributed by atoms with Gasteiger partial charge in [-0.2, -0.15) is 0 Å². The molecule has 19 heavy (non-hydrogen) atoms. The number of hydrogen-bond donors (Lipinski definition) is 1. The lowest BCUT2D eigenvalue weighted by atomic mass is 10.1. The fraction of sp³-hybridized carbons (Fsp3) is 0.133. The minimum Gasteiger partial charge on any atom is -0.491 e. The Morgan fingerprint density at radius 3 is 2.95 bits per heavy atom. The van der Waals surface area contributed by atoms with Crippen molar-refractivity contribution in [2.24, 2.45) is 0 Å². The average molecular weight is 270 g/mol. The summed E-state index contributed by atoms with van der Waals surface area (Å²) in [5.41, 5.74) is 7.49. The van der Waals surface area contributed by atoms with Crippen molar-refractivity contribution in [2.75, 3.05) is 12.3 Å². The highest BCUT2D eigenvalue weighted by molar-refractivity contribution is 7.09. The normalized spacial score (nSPS) is 10.7. The van der Waals surface area contributed by atoms with Crippen molar-refractivity contribution in [1.29, 1.82) is 0 Å². The van der Waals surface area contributed by atoms with E-state index in [9.17, 15) is 0 Å². The maximum atomic E-state index is 5.94. The summed E-state index contributed by atoms with van der Waals surface area (Å²) >= 11 is 1.75. The third-order valence-corrected chi connectivity index (χ3v) is 3.89. The number of fused-ring (bicyclic) bond motifs is 1. The molecule has 2 heterocycles. The molecule has 2 aromatic heterocycles. The van der Waals surface area contributed by atoms with Crippen LogP contribution in [0.25, 0.3) is 10.9 Å². The van der Waals surface area contributed by atoms with Crippen LogP contribution < -0.4 is 10.5 Å². The zero-order valence-electron chi connectivity index (χ0n) is 10.4. The summed E-state index contributed by atoms with van der Waals surface area (Å²) in [4.78, 5) is 5.68. The molecule has 0 fully saturated rings. The Balaban J connectivity index is 1.79. The number of nitrogens with zero attached hydrogens (tertiary/aromatic N) is 1. The van der Waals surface area contributed by atoms with Crippen LogP contribution in [0.5, 0.6) is 5.75 Å². The summed E-state index contributed by atoms with van der Waals surface area (Å²) in [6.07, 6.45) is 2.67. The summed E-state index contributed by atoms with van der Waals surface area (Å²) in [5, 5.41) is 3.02. The molecule has 0 amide bonds. The maximum Gasteiger partial charge on any atom is 0.145 e. The molecule has 3 nitrogen and oxygen atoms in total. The smallest absolute Gasteiger partial charge is 0.145 e. The average Bonchev–Trinajstić information content (AvgIpc) is 2.95. The predicted octanol–water partition coefficient (Wildman–Crippen LogP) is 3.50. The van der Waals surface area contributed by atoms with Gasteiger partial charge in [-0.25, -0.2) is 0 Å². The Labute approximate surface area is 115 Å². The minimum absolute atomic E-state index is 0.649. The molecule has 0 saturated heterocycles. The van der Waals surface area contributed by atoms with E-state index in [0.717, 1.165) is 28.8 Å². The van der Waals surface area contributed by atoms with Crippen LogP contribution in [0.4, 0.5) is 5.69 Å². The summed E-state index contributed by atoms with van der Waals surface area (Å²) in [6.45, 7) is 0.649. The second kappa shape index (κ2) is 5.28. The first kappa shape index (κ1) is 12.0. The maximum absolute atomic E-state index is 5.94. The van der Waals surface area contributed by atoms with Gasteiger partial charge in [-0.1, -0.05) is 6.07 Å². The number of hydrogen-bond acceptors (Lipinski definition) is 4. The lowest BCUT2D eigenvalue weighted by Crippen LogP contribution is -2.01. The number of ether oxygens (including phenoxy) is 1. The fourth-order valence-electron chi connectivity index (χ4n) is 2.00. The number of nitrogens with two attached hydrogens (primary N) is 1. The van der Waals surface area contributed by atoms with Gasteiger partial charge in [0.15, 0.2) is 0 Å². The molecule has 3 rings (SSSR count). The van der Waals surface area contributed by atoms with Gasteiger partial charge in [0, 0.05) is 28.6 Å². The first-order valence-electron chi connectivity index (χ1n) is 6.13. The van der Waals surface area contributed by atoms with Crippen molar-refractivity contribution in [3.63, 3.8) is 0 Å². The minimum atomic E-state index is 0.649. The predicted molar refractivity (Wildman–Crippen MR) is 79.7 cm³/mol. The molecule has 4 heteroatoms. The van der Waals surface area contributed by atoms with E-state index in [-0.39, 0.29) is 0 Å². The highest BCUT2D eigenvalue weighted by atomic mass is 32.1. The summed E-state index contributed by atoms with van der Waals surface area (Å²) in [7, 11) is 0. The SMILES string of the molecule is Nc1ccc(OCCc2cccs2)c2ncccc12. The van der Waals surface area contributed by atoms with E-state index in [1.54, 1.807) is 17.5 Å². The molecule has 96 valence electrons. The van der Waals surface area contributed by atoms with Crippen LogP contribution in [-0.2, 0) is 6.42 Å². The summed E-state index contributed by atoms with van der Waals surface area (Å²) in [5.74, 6) is 0.793. The molecule has 0 aliphatic heterocycles.